The molecule has 8 heteroatoms. The highest BCUT2D eigenvalue weighted by Gasteiger charge is 2.31. The number of alkyl halides is 3. The highest BCUT2D eigenvalue weighted by molar-refractivity contribution is 5.98. The Morgan fingerprint density at radius 3 is 2.55 bits per heavy atom. The van der Waals surface area contributed by atoms with Crippen molar-refractivity contribution in [3.05, 3.63) is 119 Å². The molecule has 0 aliphatic rings. The number of Topliss-reactive ketones (excluding diaryl/α,β-unsaturated/α-hetero) is 1. The first-order valence-corrected chi connectivity index (χ1v) is 11.7. The number of benzene rings is 3. The van der Waals surface area contributed by atoms with Crippen LogP contribution in [0.2, 0.25) is 0 Å². The summed E-state index contributed by atoms with van der Waals surface area (Å²) in [6.07, 6.45) is 1.51. The van der Waals surface area contributed by atoms with E-state index in [1.807, 2.05) is 25.1 Å². The molecule has 0 amide bonds. The van der Waals surface area contributed by atoms with Crippen molar-refractivity contribution in [1.82, 2.24) is 19.5 Å². The van der Waals surface area contributed by atoms with E-state index in [9.17, 15) is 18.0 Å². The van der Waals surface area contributed by atoms with Crippen molar-refractivity contribution in [1.29, 1.82) is 0 Å². The van der Waals surface area contributed by atoms with Crippen molar-refractivity contribution in [2.24, 2.45) is 0 Å². The molecular formula is C30H21F3N4O. The SMILES string of the molecule is Cc1cn(-c2cc(CC(=O)c3ccc(C)c(C#Cc4cccc5ncncc45)c3)cc(C(F)(F)F)c2)cn1. The van der Waals surface area contributed by atoms with Crippen LogP contribution >= 0.6 is 0 Å². The van der Waals surface area contributed by atoms with E-state index < -0.39 is 11.7 Å². The molecule has 0 unspecified atom stereocenters. The molecule has 2 aromatic heterocycles. The molecule has 0 aliphatic carbocycles. The van der Waals surface area contributed by atoms with Gasteiger partial charge in [0.2, 0.25) is 0 Å². The number of ketones is 1. The van der Waals surface area contributed by atoms with E-state index in [1.165, 1.54) is 17.2 Å². The molecule has 0 bridgehead atoms. The fraction of sp³-hybridized carbons (Fsp3) is 0.133. The van der Waals surface area contributed by atoms with Gasteiger partial charge in [-0.2, -0.15) is 13.2 Å². The minimum atomic E-state index is -4.55. The average molecular weight is 511 g/mol. The fourth-order valence-corrected chi connectivity index (χ4v) is 4.12. The molecule has 38 heavy (non-hydrogen) atoms. The van der Waals surface area contributed by atoms with Gasteiger partial charge in [-0.15, -0.1) is 0 Å². The molecule has 0 aliphatic heterocycles. The third-order valence-electron chi connectivity index (χ3n) is 6.12. The second-order valence-corrected chi connectivity index (χ2v) is 8.95. The van der Waals surface area contributed by atoms with Crippen LogP contribution < -0.4 is 0 Å². The summed E-state index contributed by atoms with van der Waals surface area (Å²) in [7, 11) is 0. The number of imidazole rings is 1. The Balaban J connectivity index is 1.46. The predicted octanol–water partition coefficient (Wildman–Crippen LogP) is 6.28. The van der Waals surface area contributed by atoms with Crippen LogP contribution in [0.25, 0.3) is 16.6 Å². The number of aromatic nitrogens is 4. The fourth-order valence-electron chi connectivity index (χ4n) is 4.12. The zero-order chi connectivity index (χ0) is 26.9. The second kappa shape index (κ2) is 9.94. The molecule has 0 saturated carbocycles. The van der Waals surface area contributed by atoms with Crippen LogP contribution in [0.5, 0.6) is 0 Å². The van der Waals surface area contributed by atoms with Gasteiger partial charge in [-0.3, -0.25) is 4.79 Å². The zero-order valence-corrected chi connectivity index (χ0v) is 20.5. The van der Waals surface area contributed by atoms with Crippen molar-refractivity contribution in [3.63, 3.8) is 0 Å². The molecule has 0 N–H and O–H groups in total. The summed E-state index contributed by atoms with van der Waals surface area (Å²) in [5.74, 6) is 5.96. The van der Waals surface area contributed by atoms with Crippen LogP contribution in [0.15, 0.2) is 79.6 Å². The first-order valence-electron chi connectivity index (χ1n) is 11.7. The lowest BCUT2D eigenvalue weighted by Gasteiger charge is -2.13. The number of rotatable bonds is 4. The van der Waals surface area contributed by atoms with E-state index in [0.29, 0.717) is 16.8 Å². The summed E-state index contributed by atoms with van der Waals surface area (Å²) in [5, 5.41) is 0.820. The van der Waals surface area contributed by atoms with E-state index in [2.05, 4.69) is 26.8 Å². The van der Waals surface area contributed by atoms with Gasteiger partial charge in [0.25, 0.3) is 0 Å². The molecule has 3 aromatic carbocycles. The lowest BCUT2D eigenvalue weighted by atomic mass is 9.97. The molecule has 0 saturated heterocycles. The molecule has 188 valence electrons. The summed E-state index contributed by atoms with van der Waals surface area (Å²) >= 11 is 0. The summed E-state index contributed by atoms with van der Waals surface area (Å²) in [5.41, 5.74) is 3.84. The summed E-state index contributed by atoms with van der Waals surface area (Å²) in [6.45, 7) is 3.64. The number of hydrogen-bond donors (Lipinski definition) is 0. The topological polar surface area (TPSA) is 60.7 Å². The quantitative estimate of drug-likeness (QED) is 0.211. The minimum Gasteiger partial charge on any atom is -0.306 e. The number of carbonyl (C=O) groups is 1. The maximum Gasteiger partial charge on any atom is 0.416 e. The predicted molar refractivity (Wildman–Crippen MR) is 138 cm³/mol. The lowest BCUT2D eigenvalue weighted by molar-refractivity contribution is -0.137. The van der Waals surface area contributed by atoms with E-state index in [0.717, 1.165) is 34.2 Å². The Morgan fingerprint density at radius 1 is 0.974 bits per heavy atom. The van der Waals surface area contributed by atoms with Gasteiger partial charge in [-0.25, -0.2) is 15.0 Å². The van der Waals surface area contributed by atoms with Crippen molar-refractivity contribution in [2.75, 3.05) is 0 Å². The maximum absolute atomic E-state index is 13.6. The highest BCUT2D eigenvalue weighted by Crippen LogP contribution is 2.32. The van der Waals surface area contributed by atoms with Crippen molar-refractivity contribution in [2.45, 2.75) is 26.4 Å². The molecule has 5 rings (SSSR count). The van der Waals surface area contributed by atoms with Crippen molar-refractivity contribution in [3.8, 4) is 17.5 Å². The second-order valence-electron chi connectivity index (χ2n) is 8.95. The average Bonchev–Trinajstić information content (AvgIpc) is 3.33. The van der Waals surface area contributed by atoms with Gasteiger partial charge >= 0.3 is 6.18 Å². The van der Waals surface area contributed by atoms with E-state index in [4.69, 9.17) is 0 Å². The highest BCUT2D eigenvalue weighted by atomic mass is 19.4. The Hall–Kier alpha value is -4.77. The third-order valence-corrected chi connectivity index (χ3v) is 6.12. The number of hydrogen-bond acceptors (Lipinski definition) is 4. The van der Waals surface area contributed by atoms with Gasteiger partial charge in [0.15, 0.2) is 5.78 Å². The molecule has 0 radical (unpaired) electrons. The van der Waals surface area contributed by atoms with Gasteiger partial charge in [0.05, 0.1) is 23.1 Å². The van der Waals surface area contributed by atoms with Crippen molar-refractivity contribution >= 4 is 16.7 Å². The molecule has 0 atom stereocenters. The smallest absolute Gasteiger partial charge is 0.306 e. The van der Waals surface area contributed by atoms with Gasteiger partial charge in [-0.05, 0) is 61.4 Å². The maximum atomic E-state index is 13.6. The summed E-state index contributed by atoms with van der Waals surface area (Å²) in [6, 6.07) is 14.4. The first-order chi connectivity index (χ1) is 18.2. The summed E-state index contributed by atoms with van der Waals surface area (Å²) in [4.78, 5) is 25.6. The van der Waals surface area contributed by atoms with Crippen LogP contribution in [-0.2, 0) is 12.6 Å². The molecule has 2 heterocycles. The van der Waals surface area contributed by atoms with Crippen LogP contribution in [0.4, 0.5) is 13.2 Å². The third kappa shape index (κ3) is 5.32. The zero-order valence-electron chi connectivity index (χ0n) is 20.5. The monoisotopic (exact) mass is 510 g/mol. The van der Waals surface area contributed by atoms with Gasteiger partial charge < -0.3 is 4.57 Å². The number of nitrogens with zero attached hydrogens (tertiary/aromatic N) is 4. The van der Waals surface area contributed by atoms with Gasteiger partial charge in [-0.1, -0.05) is 30.0 Å². The Kier molecular flexibility index (Phi) is 6.52. The Bertz CT molecular complexity index is 1740. The largest absolute Gasteiger partial charge is 0.416 e. The van der Waals surface area contributed by atoms with Crippen LogP contribution in [0.1, 0.15) is 43.9 Å². The number of halogens is 3. The van der Waals surface area contributed by atoms with E-state index in [1.54, 1.807) is 43.6 Å². The molecule has 5 aromatic rings. The van der Waals surface area contributed by atoms with E-state index >= 15 is 0 Å². The molecular weight excluding hydrogens is 489 g/mol. The normalized spacial score (nSPS) is 11.3. The Labute approximate surface area is 217 Å². The number of carbonyl (C=O) groups excluding carboxylic acids is 1. The van der Waals surface area contributed by atoms with Gasteiger partial charge in [0, 0.05) is 46.6 Å². The molecule has 5 nitrogen and oxygen atoms in total. The molecule has 0 fully saturated rings. The minimum absolute atomic E-state index is 0.193. The van der Waals surface area contributed by atoms with Crippen LogP contribution in [0, 0.1) is 25.7 Å². The lowest BCUT2D eigenvalue weighted by Crippen LogP contribution is -2.10. The van der Waals surface area contributed by atoms with Gasteiger partial charge in [0.1, 0.15) is 6.33 Å². The van der Waals surface area contributed by atoms with E-state index in [-0.39, 0.29) is 23.5 Å². The molecule has 0 spiro atoms. The number of fused-ring (bicyclic) bond motifs is 1. The van der Waals surface area contributed by atoms with Crippen LogP contribution in [-0.4, -0.2) is 25.3 Å². The number of aryl methyl sites for hydroxylation is 2. The first kappa shape index (κ1) is 24.9. The summed E-state index contributed by atoms with van der Waals surface area (Å²) < 4.78 is 42.4. The van der Waals surface area contributed by atoms with Crippen molar-refractivity contribution < 1.29 is 18.0 Å². The standard InChI is InChI=1S/C30H21F3N4O/c1-19-6-7-24(13-23(19)9-8-22-4-3-5-28-27(22)15-34-17-35-28)29(38)12-21-10-25(30(31,32)33)14-26(11-21)37-16-20(2)36-18-37/h3-7,10-11,13-18H,12H2,1-2H3. The van der Waals surface area contributed by atoms with Crippen LogP contribution in [0.3, 0.4) is 0 Å². The Morgan fingerprint density at radius 2 is 1.79 bits per heavy atom.